The van der Waals surface area contributed by atoms with E-state index in [-0.39, 0.29) is 0 Å². The highest BCUT2D eigenvalue weighted by molar-refractivity contribution is 7.99. The highest BCUT2D eigenvalue weighted by Crippen LogP contribution is 2.39. The number of nitrogens with two attached hydrogens (primary N) is 1. The van der Waals surface area contributed by atoms with Crippen molar-refractivity contribution >= 4 is 17.3 Å². The molecule has 3 heterocycles. The third-order valence-electron chi connectivity index (χ3n) is 3.07. The van der Waals surface area contributed by atoms with E-state index in [4.69, 9.17) is 5.73 Å². The monoisotopic (exact) mass is 233 g/mol. The van der Waals surface area contributed by atoms with Gasteiger partial charge in [-0.3, -0.25) is 0 Å². The molecule has 16 heavy (non-hydrogen) atoms. The maximum absolute atomic E-state index is 5.67. The first-order valence-corrected chi connectivity index (χ1v) is 6.71. The normalized spacial score (nSPS) is 20.7. The first kappa shape index (κ1) is 10.2. The molecule has 0 aromatic carbocycles. The highest BCUT2D eigenvalue weighted by Gasteiger charge is 2.21. The number of aromatic nitrogens is 2. The molecule has 1 atom stereocenters. The average Bonchev–Trinajstić information content (AvgIpc) is 2.96. The topological polar surface area (TPSA) is 43.3 Å². The molecule has 1 saturated heterocycles. The summed E-state index contributed by atoms with van der Waals surface area (Å²) in [5, 5.41) is 0.565. The standard InChI is InChI=1S/C12H15N3S/c13-6-9-3-4-10-7-14-12(15(10)8-9)11-2-1-5-16-11/h3-4,7-8,11H,1-2,5-6,13H2. The average molecular weight is 233 g/mol. The maximum Gasteiger partial charge on any atom is 0.126 e. The summed E-state index contributed by atoms with van der Waals surface area (Å²) in [6, 6.07) is 4.17. The molecule has 2 aromatic rings. The van der Waals surface area contributed by atoms with Crippen LogP contribution in [0, 0.1) is 0 Å². The Labute approximate surface area is 99.1 Å². The molecule has 1 unspecified atom stereocenters. The van der Waals surface area contributed by atoms with Gasteiger partial charge in [-0.05, 0) is 30.2 Å². The van der Waals surface area contributed by atoms with Gasteiger partial charge < -0.3 is 10.1 Å². The van der Waals surface area contributed by atoms with Gasteiger partial charge in [-0.25, -0.2) is 4.98 Å². The Balaban J connectivity index is 2.09. The van der Waals surface area contributed by atoms with Crippen molar-refractivity contribution < 1.29 is 0 Å². The number of imidazole rings is 1. The number of rotatable bonds is 2. The van der Waals surface area contributed by atoms with Crippen molar-refractivity contribution in [2.24, 2.45) is 5.73 Å². The third-order valence-corrected chi connectivity index (χ3v) is 4.44. The van der Waals surface area contributed by atoms with Crippen LogP contribution in [0.4, 0.5) is 0 Å². The summed E-state index contributed by atoms with van der Waals surface area (Å²) >= 11 is 2.01. The summed E-state index contributed by atoms with van der Waals surface area (Å²) in [4.78, 5) is 4.55. The molecule has 2 N–H and O–H groups in total. The molecule has 1 aliphatic rings. The molecule has 0 saturated carbocycles. The molecule has 2 aromatic heterocycles. The van der Waals surface area contributed by atoms with Gasteiger partial charge in [0.1, 0.15) is 5.82 Å². The smallest absolute Gasteiger partial charge is 0.126 e. The number of thioether (sulfide) groups is 1. The number of pyridine rings is 1. The van der Waals surface area contributed by atoms with E-state index >= 15 is 0 Å². The Morgan fingerprint density at radius 2 is 2.44 bits per heavy atom. The van der Waals surface area contributed by atoms with Gasteiger partial charge >= 0.3 is 0 Å². The lowest BCUT2D eigenvalue weighted by Crippen LogP contribution is -2.01. The molecule has 0 spiro atoms. The summed E-state index contributed by atoms with van der Waals surface area (Å²) in [6.45, 7) is 0.589. The van der Waals surface area contributed by atoms with Crippen LogP contribution in [-0.2, 0) is 6.54 Å². The third kappa shape index (κ3) is 1.62. The molecular formula is C12H15N3S. The van der Waals surface area contributed by atoms with Gasteiger partial charge in [-0.15, -0.1) is 0 Å². The molecule has 4 heteroatoms. The van der Waals surface area contributed by atoms with Crippen LogP contribution in [0.25, 0.3) is 5.52 Å². The van der Waals surface area contributed by atoms with Gasteiger partial charge in [0.25, 0.3) is 0 Å². The second-order valence-corrected chi connectivity index (χ2v) is 5.47. The van der Waals surface area contributed by atoms with Crippen molar-refractivity contribution in [3.05, 3.63) is 35.9 Å². The predicted molar refractivity (Wildman–Crippen MR) is 67.5 cm³/mol. The van der Waals surface area contributed by atoms with Crippen LogP contribution in [0.15, 0.2) is 24.5 Å². The Morgan fingerprint density at radius 1 is 1.50 bits per heavy atom. The van der Waals surface area contributed by atoms with Crippen LogP contribution in [0.5, 0.6) is 0 Å². The van der Waals surface area contributed by atoms with E-state index in [9.17, 15) is 0 Å². The molecule has 1 aliphatic heterocycles. The molecule has 3 rings (SSSR count). The van der Waals surface area contributed by atoms with Crippen molar-refractivity contribution in [3.8, 4) is 0 Å². The van der Waals surface area contributed by atoms with Crippen LogP contribution in [0.2, 0.25) is 0 Å². The fraction of sp³-hybridized carbons (Fsp3) is 0.417. The van der Waals surface area contributed by atoms with E-state index < -0.39 is 0 Å². The SMILES string of the molecule is NCc1ccc2cnc(C3CCCS3)n2c1. The number of nitrogens with zero attached hydrogens (tertiary/aromatic N) is 2. The van der Waals surface area contributed by atoms with Gasteiger partial charge in [-0.1, -0.05) is 6.07 Å². The maximum atomic E-state index is 5.67. The lowest BCUT2D eigenvalue weighted by Gasteiger charge is -2.08. The molecule has 0 bridgehead atoms. The van der Waals surface area contributed by atoms with Gasteiger partial charge in [0, 0.05) is 12.7 Å². The van der Waals surface area contributed by atoms with Crippen LogP contribution in [0.3, 0.4) is 0 Å². The zero-order chi connectivity index (χ0) is 11.0. The summed E-state index contributed by atoms with van der Waals surface area (Å²) in [6.07, 6.45) is 6.63. The first-order valence-electron chi connectivity index (χ1n) is 5.66. The molecular weight excluding hydrogens is 218 g/mol. The minimum Gasteiger partial charge on any atom is -0.326 e. The molecule has 0 amide bonds. The summed E-state index contributed by atoms with van der Waals surface area (Å²) in [5.41, 5.74) is 8.00. The van der Waals surface area contributed by atoms with Crippen molar-refractivity contribution in [1.29, 1.82) is 0 Å². The largest absolute Gasteiger partial charge is 0.326 e. The highest BCUT2D eigenvalue weighted by atomic mass is 32.2. The first-order chi connectivity index (χ1) is 7.88. The van der Waals surface area contributed by atoms with Crippen molar-refractivity contribution in [1.82, 2.24) is 9.38 Å². The fourth-order valence-corrected chi connectivity index (χ4v) is 3.47. The van der Waals surface area contributed by atoms with Crippen molar-refractivity contribution in [2.75, 3.05) is 5.75 Å². The van der Waals surface area contributed by atoms with Crippen LogP contribution < -0.4 is 5.73 Å². The molecule has 84 valence electrons. The lowest BCUT2D eigenvalue weighted by atomic mass is 10.2. The Kier molecular flexibility index (Phi) is 2.61. The Hall–Kier alpha value is -1.00. The summed E-state index contributed by atoms with van der Waals surface area (Å²) < 4.78 is 2.20. The second-order valence-electron chi connectivity index (χ2n) is 4.15. The zero-order valence-electron chi connectivity index (χ0n) is 9.10. The number of hydrogen-bond donors (Lipinski definition) is 1. The molecule has 0 radical (unpaired) electrons. The minimum absolute atomic E-state index is 0.565. The van der Waals surface area contributed by atoms with Crippen molar-refractivity contribution in [2.45, 2.75) is 24.6 Å². The molecule has 3 nitrogen and oxygen atoms in total. The minimum atomic E-state index is 0.565. The summed E-state index contributed by atoms with van der Waals surface area (Å²) in [5.74, 6) is 2.45. The van der Waals surface area contributed by atoms with Gasteiger partial charge in [-0.2, -0.15) is 11.8 Å². The molecule has 0 aliphatic carbocycles. The van der Waals surface area contributed by atoms with Gasteiger partial charge in [0.05, 0.1) is 17.0 Å². The van der Waals surface area contributed by atoms with E-state index in [0.717, 1.165) is 5.56 Å². The predicted octanol–water partition coefficient (Wildman–Crippen LogP) is 2.36. The van der Waals surface area contributed by atoms with Crippen LogP contribution in [-0.4, -0.2) is 15.1 Å². The van der Waals surface area contributed by atoms with E-state index in [2.05, 4.69) is 27.7 Å². The molecule has 1 fully saturated rings. The van der Waals surface area contributed by atoms with Crippen LogP contribution >= 0.6 is 11.8 Å². The number of hydrogen-bond acceptors (Lipinski definition) is 3. The van der Waals surface area contributed by atoms with E-state index in [1.54, 1.807) is 0 Å². The van der Waals surface area contributed by atoms with E-state index in [1.807, 2.05) is 18.0 Å². The van der Waals surface area contributed by atoms with Gasteiger partial charge in [0.2, 0.25) is 0 Å². The Bertz CT molecular complexity index is 500. The van der Waals surface area contributed by atoms with Crippen molar-refractivity contribution in [3.63, 3.8) is 0 Å². The van der Waals surface area contributed by atoms with E-state index in [0.29, 0.717) is 11.8 Å². The lowest BCUT2D eigenvalue weighted by molar-refractivity contribution is 0.772. The number of fused-ring (bicyclic) bond motifs is 1. The fourth-order valence-electron chi connectivity index (χ4n) is 2.19. The second kappa shape index (κ2) is 4.11. The van der Waals surface area contributed by atoms with E-state index in [1.165, 1.54) is 29.9 Å². The summed E-state index contributed by atoms with van der Waals surface area (Å²) in [7, 11) is 0. The Morgan fingerprint density at radius 3 is 3.19 bits per heavy atom. The van der Waals surface area contributed by atoms with Crippen LogP contribution in [0.1, 0.15) is 29.5 Å². The van der Waals surface area contributed by atoms with Gasteiger partial charge in [0.15, 0.2) is 0 Å². The quantitative estimate of drug-likeness (QED) is 0.866. The zero-order valence-corrected chi connectivity index (χ0v) is 9.91.